The minimum absolute atomic E-state index is 0.302. The summed E-state index contributed by atoms with van der Waals surface area (Å²) in [5, 5.41) is 4.41. The van der Waals surface area contributed by atoms with E-state index in [2.05, 4.69) is 5.10 Å². The number of amides is 1. The van der Waals surface area contributed by atoms with Gasteiger partial charge in [-0.1, -0.05) is 0 Å². The zero-order valence-electron chi connectivity index (χ0n) is 12.8. The number of aromatic nitrogens is 2. The predicted molar refractivity (Wildman–Crippen MR) is 76.2 cm³/mol. The third kappa shape index (κ3) is 2.80. The molecule has 3 rings (SSSR count). The summed E-state index contributed by atoms with van der Waals surface area (Å²) in [6.45, 7) is 6.62. The van der Waals surface area contributed by atoms with E-state index in [1.54, 1.807) is 4.90 Å². The van der Waals surface area contributed by atoms with E-state index < -0.39 is 5.60 Å². The molecule has 6 heteroatoms. The smallest absolute Gasteiger partial charge is 0.410 e. The van der Waals surface area contributed by atoms with Crippen molar-refractivity contribution in [1.82, 2.24) is 14.7 Å². The number of nitrogens with zero attached hydrogens (tertiary/aromatic N) is 3. The van der Waals surface area contributed by atoms with Gasteiger partial charge in [0.2, 0.25) is 0 Å². The van der Waals surface area contributed by atoms with Crippen molar-refractivity contribution in [2.45, 2.75) is 58.2 Å². The molecule has 0 bridgehead atoms. The lowest BCUT2D eigenvalue weighted by Crippen LogP contribution is -2.40. The van der Waals surface area contributed by atoms with Crippen LogP contribution in [0, 0.1) is 0 Å². The quantitative estimate of drug-likeness (QED) is 0.784. The molecule has 0 aromatic carbocycles. The summed E-state index contributed by atoms with van der Waals surface area (Å²) in [6, 6.07) is 0.394. The fourth-order valence-electron chi connectivity index (χ4n) is 2.67. The molecule has 1 aliphatic carbocycles. The topological polar surface area (TPSA) is 64.4 Å². The molecule has 1 fully saturated rings. The molecule has 1 saturated carbocycles. The second-order valence-corrected chi connectivity index (χ2v) is 6.76. The van der Waals surface area contributed by atoms with Crippen LogP contribution in [0.5, 0.6) is 0 Å². The number of aldehydes is 1. The first-order valence-corrected chi connectivity index (χ1v) is 7.42. The van der Waals surface area contributed by atoms with Crippen molar-refractivity contribution in [3.8, 4) is 0 Å². The number of hydrogen-bond donors (Lipinski definition) is 0. The normalized spacial score (nSPS) is 18.3. The molecule has 1 aliphatic heterocycles. The lowest BCUT2D eigenvalue weighted by atomic mass is 10.0. The third-order valence-corrected chi connectivity index (χ3v) is 3.78. The van der Waals surface area contributed by atoms with Gasteiger partial charge in [0.1, 0.15) is 11.3 Å². The van der Waals surface area contributed by atoms with Crippen LogP contribution < -0.4 is 0 Å². The Morgan fingerprint density at radius 3 is 2.67 bits per heavy atom. The number of fused-ring (bicyclic) bond motifs is 1. The van der Waals surface area contributed by atoms with Crippen LogP contribution in [-0.2, 0) is 17.7 Å². The number of carbonyl (C=O) groups is 2. The van der Waals surface area contributed by atoms with Crippen LogP contribution in [0.15, 0.2) is 0 Å². The van der Waals surface area contributed by atoms with E-state index in [9.17, 15) is 9.59 Å². The Morgan fingerprint density at radius 2 is 2.10 bits per heavy atom. The van der Waals surface area contributed by atoms with Gasteiger partial charge in [0, 0.05) is 12.1 Å². The molecule has 21 heavy (non-hydrogen) atoms. The van der Waals surface area contributed by atoms with Crippen molar-refractivity contribution in [3.63, 3.8) is 0 Å². The molecular weight excluding hydrogens is 270 g/mol. The monoisotopic (exact) mass is 291 g/mol. The van der Waals surface area contributed by atoms with Crippen LogP contribution in [-0.4, -0.2) is 39.2 Å². The molecule has 0 atom stereocenters. The lowest BCUT2D eigenvalue weighted by Gasteiger charge is -2.30. The molecule has 114 valence electrons. The van der Waals surface area contributed by atoms with Crippen molar-refractivity contribution in [3.05, 3.63) is 17.0 Å². The Hall–Kier alpha value is -1.85. The van der Waals surface area contributed by atoms with Crippen LogP contribution in [0.3, 0.4) is 0 Å². The van der Waals surface area contributed by atoms with Gasteiger partial charge in [0.05, 0.1) is 18.3 Å². The molecule has 1 amide bonds. The molecule has 2 aliphatic rings. The van der Waals surface area contributed by atoms with Crippen molar-refractivity contribution in [2.24, 2.45) is 0 Å². The molecule has 6 nitrogen and oxygen atoms in total. The van der Waals surface area contributed by atoms with E-state index in [0.717, 1.165) is 30.4 Å². The first-order valence-electron chi connectivity index (χ1n) is 7.42. The summed E-state index contributed by atoms with van der Waals surface area (Å²) < 4.78 is 7.37. The molecule has 1 aromatic rings. The van der Waals surface area contributed by atoms with Crippen molar-refractivity contribution < 1.29 is 14.3 Å². The highest BCUT2D eigenvalue weighted by Crippen LogP contribution is 2.38. The lowest BCUT2D eigenvalue weighted by molar-refractivity contribution is 0.0218. The summed E-state index contributed by atoms with van der Waals surface area (Å²) >= 11 is 0. The molecule has 0 radical (unpaired) electrons. The Balaban J connectivity index is 1.83. The molecule has 1 aromatic heterocycles. The van der Waals surface area contributed by atoms with Gasteiger partial charge in [-0.25, -0.2) is 4.79 Å². The molecule has 0 unspecified atom stereocenters. The van der Waals surface area contributed by atoms with Gasteiger partial charge in [-0.3, -0.25) is 9.48 Å². The Labute approximate surface area is 124 Å². The summed E-state index contributed by atoms with van der Waals surface area (Å²) in [4.78, 5) is 25.1. The van der Waals surface area contributed by atoms with Crippen LogP contribution in [0.4, 0.5) is 4.79 Å². The fraction of sp³-hybridized carbons (Fsp3) is 0.667. The van der Waals surface area contributed by atoms with Crippen LogP contribution in [0.1, 0.15) is 61.4 Å². The first-order chi connectivity index (χ1) is 9.89. The van der Waals surface area contributed by atoms with Gasteiger partial charge in [-0.05, 0) is 40.0 Å². The van der Waals surface area contributed by atoms with E-state index in [0.29, 0.717) is 31.2 Å². The zero-order valence-corrected chi connectivity index (χ0v) is 12.8. The van der Waals surface area contributed by atoms with Gasteiger partial charge >= 0.3 is 6.09 Å². The van der Waals surface area contributed by atoms with Gasteiger partial charge in [0.15, 0.2) is 6.29 Å². The largest absolute Gasteiger partial charge is 0.444 e. The van der Waals surface area contributed by atoms with Crippen molar-refractivity contribution in [1.29, 1.82) is 0 Å². The number of ether oxygens (including phenoxy) is 1. The molecular formula is C15H21N3O3. The molecule has 0 spiro atoms. The maximum absolute atomic E-state index is 12.2. The number of rotatable bonds is 2. The number of carbonyl (C=O) groups excluding carboxylic acids is 2. The fourth-order valence-corrected chi connectivity index (χ4v) is 2.67. The van der Waals surface area contributed by atoms with Crippen LogP contribution >= 0.6 is 0 Å². The van der Waals surface area contributed by atoms with E-state index in [4.69, 9.17) is 4.74 Å². The standard InChI is InChI=1S/C15H21N3O3/c1-15(2,3)21-14(20)17-7-6-11-12(9-19)16-18(10-4-5-10)13(11)8-17/h9-10H,4-8H2,1-3H3. The second kappa shape index (κ2) is 4.86. The molecule has 2 heterocycles. The average Bonchev–Trinajstić information content (AvgIpc) is 3.17. The Bertz CT molecular complexity index is 582. The van der Waals surface area contributed by atoms with Crippen LogP contribution in [0.25, 0.3) is 0 Å². The summed E-state index contributed by atoms with van der Waals surface area (Å²) in [5.41, 5.74) is 2.02. The Morgan fingerprint density at radius 1 is 1.38 bits per heavy atom. The molecule has 0 N–H and O–H groups in total. The summed E-state index contributed by atoms with van der Waals surface area (Å²) in [5.74, 6) is 0. The van der Waals surface area contributed by atoms with E-state index in [1.165, 1.54) is 0 Å². The highest BCUT2D eigenvalue weighted by atomic mass is 16.6. The van der Waals surface area contributed by atoms with Gasteiger partial charge < -0.3 is 9.64 Å². The second-order valence-electron chi connectivity index (χ2n) is 6.76. The number of hydrogen-bond acceptors (Lipinski definition) is 4. The maximum Gasteiger partial charge on any atom is 0.410 e. The van der Waals surface area contributed by atoms with E-state index in [-0.39, 0.29) is 6.09 Å². The average molecular weight is 291 g/mol. The minimum Gasteiger partial charge on any atom is -0.444 e. The zero-order chi connectivity index (χ0) is 15.2. The maximum atomic E-state index is 12.2. The minimum atomic E-state index is -0.498. The first kappa shape index (κ1) is 14.1. The van der Waals surface area contributed by atoms with Gasteiger partial charge in [-0.15, -0.1) is 0 Å². The van der Waals surface area contributed by atoms with E-state index in [1.807, 2.05) is 25.5 Å². The molecule has 0 saturated heterocycles. The Kier molecular flexibility index (Phi) is 3.26. The van der Waals surface area contributed by atoms with Gasteiger partial charge in [0.25, 0.3) is 0 Å². The SMILES string of the molecule is CC(C)(C)OC(=O)N1CCc2c(C=O)nn(C3CC3)c2C1. The van der Waals surface area contributed by atoms with Gasteiger partial charge in [-0.2, -0.15) is 5.10 Å². The van der Waals surface area contributed by atoms with Crippen LogP contribution in [0.2, 0.25) is 0 Å². The van der Waals surface area contributed by atoms with Crippen molar-refractivity contribution in [2.75, 3.05) is 6.54 Å². The summed E-state index contributed by atoms with van der Waals surface area (Å²) in [6.07, 6.45) is 3.37. The third-order valence-electron chi connectivity index (χ3n) is 3.78. The predicted octanol–water partition coefficient (Wildman–Crippen LogP) is 2.32. The highest BCUT2D eigenvalue weighted by Gasteiger charge is 2.34. The highest BCUT2D eigenvalue weighted by molar-refractivity contribution is 5.75. The van der Waals surface area contributed by atoms with E-state index >= 15 is 0 Å². The summed E-state index contributed by atoms with van der Waals surface area (Å²) in [7, 11) is 0. The van der Waals surface area contributed by atoms with Crippen molar-refractivity contribution >= 4 is 12.4 Å².